The van der Waals surface area contributed by atoms with Crippen molar-refractivity contribution >= 4 is 5.91 Å². The highest BCUT2D eigenvalue weighted by atomic mass is 16.2. The number of nitrogens with one attached hydrogen (secondary N) is 2. The zero-order valence-corrected chi connectivity index (χ0v) is 10.4. The highest BCUT2D eigenvalue weighted by Gasteiger charge is 2.22. The van der Waals surface area contributed by atoms with Gasteiger partial charge in [0.1, 0.15) is 5.82 Å². The first-order valence-corrected chi connectivity index (χ1v) is 5.72. The van der Waals surface area contributed by atoms with Crippen molar-refractivity contribution < 1.29 is 4.79 Å². The standard InChI is InChI=1S/C11H20N4O/c1-5-7-11(3,4)13-10(16)9-12-8(6-2)14-15-9/h5-7H2,1-4H3,(H,13,16)(H,12,14,15). The van der Waals surface area contributed by atoms with E-state index in [4.69, 9.17) is 0 Å². The topological polar surface area (TPSA) is 70.7 Å². The fraction of sp³-hybridized carbons (Fsp3) is 0.727. The molecule has 0 atom stereocenters. The van der Waals surface area contributed by atoms with Crippen molar-refractivity contribution in [3.05, 3.63) is 11.6 Å². The summed E-state index contributed by atoms with van der Waals surface area (Å²) in [5.74, 6) is 0.744. The van der Waals surface area contributed by atoms with Crippen LogP contribution in [0.1, 0.15) is 57.0 Å². The van der Waals surface area contributed by atoms with E-state index < -0.39 is 0 Å². The van der Waals surface area contributed by atoms with Crippen molar-refractivity contribution in [3.63, 3.8) is 0 Å². The molecular formula is C11H20N4O. The monoisotopic (exact) mass is 224 g/mol. The average molecular weight is 224 g/mol. The van der Waals surface area contributed by atoms with Gasteiger partial charge >= 0.3 is 0 Å². The quantitative estimate of drug-likeness (QED) is 0.799. The van der Waals surface area contributed by atoms with E-state index in [9.17, 15) is 4.79 Å². The minimum absolute atomic E-state index is 0.209. The lowest BCUT2D eigenvalue weighted by molar-refractivity contribution is 0.0898. The van der Waals surface area contributed by atoms with Crippen molar-refractivity contribution in [1.29, 1.82) is 0 Å². The summed E-state index contributed by atoms with van der Waals surface area (Å²) < 4.78 is 0. The van der Waals surface area contributed by atoms with Crippen LogP contribution in [-0.2, 0) is 6.42 Å². The molecule has 0 spiro atoms. The van der Waals surface area contributed by atoms with Crippen LogP contribution < -0.4 is 5.32 Å². The van der Waals surface area contributed by atoms with Gasteiger partial charge < -0.3 is 5.32 Å². The first-order valence-electron chi connectivity index (χ1n) is 5.72. The summed E-state index contributed by atoms with van der Waals surface area (Å²) in [6, 6.07) is 0. The molecule has 1 amide bonds. The van der Waals surface area contributed by atoms with Crippen LogP contribution in [0.5, 0.6) is 0 Å². The van der Waals surface area contributed by atoms with Gasteiger partial charge in [-0.05, 0) is 20.3 Å². The number of nitrogens with zero attached hydrogens (tertiary/aromatic N) is 2. The molecule has 5 heteroatoms. The van der Waals surface area contributed by atoms with E-state index >= 15 is 0 Å². The van der Waals surface area contributed by atoms with Crippen LogP contribution in [0.4, 0.5) is 0 Å². The lowest BCUT2D eigenvalue weighted by Gasteiger charge is -2.24. The Bertz CT molecular complexity index is 357. The number of hydrogen-bond acceptors (Lipinski definition) is 3. The molecule has 0 saturated heterocycles. The van der Waals surface area contributed by atoms with Crippen molar-refractivity contribution in [1.82, 2.24) is 20.5 Å². The van der Waals surface area contributed by atoms with E-state index in [1.165, 1.54) is 0 Å². The zero-order valence-electron chi connectivity index (χ0n) is 10.4. The van der Waals surface area contributed by atoms with Gasteiger partial charge in [-0.1, -0.05) is 20.3 Å². The Kier molecular flexibility index (Phi) is 4.04. The summed E-state index contributed by atoms with van der Waals surface area (Å²) in [5.41, 5.74) is -0.209. The molecule has 0 bridgehead atoms. The maximum absolute atomic E-state index is 11.8. The van der Waals surface area contributed by atoms with Crippen molar-refractivity contribution in [2.75, 3.05) is 0 Å². The van der Waals surface area contributed by atoms with Crippen LogP contribution in [0, 0.1) is 0 Å². The largest absolute Gasteiger partial charge is 0.344 e. The van der Waals surface area contributed by atoms with Gasteiger partial charge in [-0.15, -0.1) is 5.10 Å². The third-order valence-corrected chi connectivity index (χ3v) is 2.40. The van der Waals surface area contributed by atoms with Gasteiger partial charge in [0.05, 0.1) is 0 Å². The van der Waals surface area contributed by atoms with E-state index in [-0.39, 0.29) is 17.3 Å². The Morgan fingerprint density at radius 3 is 2.62 bits per heavy atom. The number of carbonyl (C=O) groups excluding carboxylic acids is 1. The highest BCUT2D eigenvalue weighted by molar-refractivity contribution is 5.90. The number of hydrogen-bond donors (Lipinski definition) is 2. The molecule has 1 aromatic rings. The molecule has 1 heterocycles. The van der Waals surface area contributed by atoms with Crippen LogP contribution in [0.2, 0.25) is 0 Å². The molecule has 0 aliphatic heterocycles. The first-order chi connectivity index (χ1) is 7.48. The molecule has 16 heavy (non-hydrogen) atoms. The average Bonchev–Trinajstić information content (AvgIpc) is 2.64. The summed E-state index contributed by atoms with van der Waals surface area (Å²) in [6.07, 6.45) is 2.71. The minimum Gasteiger partial charge on any atom is -0.344 e. The Labute approximate surface area is 96.0 Å². The zero-order chi connectivity index (χ0) is 12.2. The lowest BCUT2D eigenvalue weighted by atomic mass is 9.99. The number of aryl methyl sites for hydroxylation is 1. The van der Waals surface area contributed by atoms with Gasteiger partial charge in [0.2, 0.25) is 5.82 Å². The number of aromatic nitrogens is 3. The smallest absolute Gasteiger partial charge is 0.291 e. The molecule has 0 unspecified atom stereocenters. The Morgan fingerprint density at radius 1 is 1.44 bits per heavy atom. The van der Waals surface area contributed by atoms with Crippen LogP contribution in [0.15, 0.2) is 0 Å². The predicted molar refractivity (Wildman–Crippen MR) is 62.2 cm³/mol. The molecule has 0 fully saturated rings. The summed E-state index contributed by atoms with van der Waals surface area (Å²) in [7, 11) is 0. The molecule has 0 aliphatic carbocycles. The van der Waals surface area contributed by atoms with Crippen molar-refractivity contribution in [2.24, 2.45) is 0 Å². The second-order valence-corrected chi connectivity index (χ2v) is 4.55. The molecule has 2 N–H and O–H groups in total. The second kappa shape index (κ2) is 5.09. The van der Waals surface area contributed by atoms with Crippen LogP contribution >= 0.6 is 0 Å². The van der Waals surface area contributed by atoms with Gasteiger partial charge in [0.25, 0.3) is 5.91 Å². The van der Waals surface area contributed by atoms with E-state index in [1.807, 2.05) is 20.8 Å². The Morgan fingerprint density at radius 2 is 2.12 bits per heavy atom. The van der Waals surface area contributed by atoms with Gasteiger partial charge in [0.15, 0.2) is 0 Å². The van der Waals surface area contributed by atoms with Gasteiger partial charge in [0, 0.05) is 12.0 Å². The van der Waals surface area contributed by atoms with E-state index in [1.54, 1.807) is 0 Å². The van der Waals surface area contributed by atoms with Crippen LogP contribution in [-0.4, -0.2) is 26.6 Å². The second-order valence-electron chi connectivity index (χ2n) is 4.55. The number of H-pyrrole nitrogens is 1. The number of aromatic amines is 1. The molecule has 0 aromatic carbocycles. The van der Waals surface area contributed by atoms with Crippen molar-refractivity contribution in [3.8, 4) is 0 Å². The molecular weight excluding hydrogens is 204 g/mol. The fourth-order valence-electron chi connectivity index (χ4n) is 1.61. The number of amides is 1. The van der Waals surface area contributed by atoms with Crippen molar-refractivity contribution in [2.45, 2.75) is 52.5 Å². The molecule has 90 valence electrons. The summed E-state index contributed by atoms with van der Waals surface area (Å²) in [4.78, 5) is 15.9. The van der Waals surface area contributed by atoms with E-state index in [0.717, 1.165) is 25.1 Å². The summed E-state index contributed by atoms with van der Waals surface area (Å²) in [6.45, 7) is 8.06. The maximum Gasteiger partial charge on any atom is 0.291 e. The molecule has 0 saturated carbocycles. The predicted octanol–water partition coefficient (Wildman–Crippen LogP) is 1.68. The third-order valence-electron chi connectivity index (χ3n) is 2.40. The molecule has 1 rings (SSSR count). The maximum atomic E-state index is 11.8. The molecule has 0 radical (unpaired) electrons. The summed E-state index contributed by atoms with van der Waals surface area (Å²) >= 11 is 0. The number of carbonyl (C=O) groups is 1. The molecule has 1 aromatic heterocycles. The Balaban J connectivity index is 2.65. The summed E-state index contributed by atoms with van der Waals surface area (Å²) in [5, 5.41) is 9.54. The van der Waals surface area contributed by atoms with E-state index in [0.29, 0.717) is 0 Å². The fourth-order valence-corrected chi connectivity index (χ4v) is 1.61. The SMILES string of the molecule is CCCC(C)(C)NC(=O)c1n[nH]c(CC)n1. The van der Waals surface area contributed by atoms with E-state index in [2.05, 4.69) is 27.4 Å². The van der Waals surface area contributed by atoms with Gasteiger partial charge in [-0.2, -0.15) is 0 Å². The normalized spacial score (nSPS) is 11.5. The van der Waals surface area contributed by atoms with Crippen LogP contribution in [0.25, 0.3) is 0 Å². The Hall–Kier alpha value is -1.39. The molecule has 5 nitrogen and oxygen atoms in total. The first kappa shape index (κ1) is 12.7. The third kappa shape index (κ3) is 3.32. The lowest BCUT2D eigenvalue weighted by Crippen LogP contribution is -2.43. The number of rotatable bonds is 5. The minimum atomic E-state index is -0.214. The van der Waals surface area contributed by atoms with Crippen LogP contribution in [0.3, 0.4) is 0 Å². The van der Waals surface area contributed by atoms with Gasteiger partial charge in [-0.3, -0.25) is 9.89 Å². The molecule has 0 aliphatic rings. The van der Waals surface area contributed by atoms with Gasteiger partial charge in [-0.25, -0.2) is 4.98 Å². The highest BCUT2D eigenvalue weighted by Crippen LogP contribution is 2.11.